The summed E-state index contributed by atoms with van der Waals surface area (Å²) in [5, 5.41) is 5.22. The van der Waals surface area contributed by atoms with Crippen LogP contribution in [-0.4, -0.2) is 36.2 Å². The van der Waals surface area contributed by atoms with Crippen LogP contribution in [-0.2, 0) is 23.9 Å². The molecule has 1 heterocycles. The summed E-state index contributed by atoms with van der Waals surface area (Å²) >= 11 is 0. The van der Waals surface area contributed by atoms with Crippen LogP contribution in [0, 0.1) is 23.7 Å². The molecule has 1 saturated heterocycles. The lowest BCUT2D eigenvalue weighted by molar-refractivity contribution is -0.123. The zero-order valence-electron chi connectivity index (χ0n) is 18.9. The Morgan fingerprint density at radius 2 is 1.40 bits per heavy atom. The zero-order valence-corrected chi connectivity index (χ0v) is 18.9. The third kappa shape index (κ3) is 4.21. The molecule has 9 nitrogen and oxygen atoms in total. The van der Waals surface area contributed by atoms with Crippen LogP contribution in [0.3, 0.4) is 0 Å². The monoisotopic (exact) mass is 473 g/mol. The van der Waals surface area contributed by atoms with Crippen LogP contribution in [0.4, 0.5) is 17.1 Å². The van der Waals surface area contributed by atoms with Gasteiger partial charge in [-0.1, -0.05) is 12.2 Å². The smallest absolute Gasteiger partial charge is 0.338 e. The second-order valence-corrected chi connectivity index (χ2v) is 8.94. The number of nitrogens with zero attached hydrogens (tertiary/aromatic N) is 1. The van der Waals surface area contributed by atoms with Gasteiger partial charge in [0.15, 0.2) is 6.61 Å². The van der Waals surface area contributed by atoms with Crippen molar-refractivity contribution < 1.29 is 28.7 Å². The summed E-state index contributed by atoms with van der Waals surface area (Å²) in [4.78, 5) is 62.6. The molecule has 4 atom stereocenters. The molecule has 0 spiro atoms. The lowest BCUT2D eigenvalue weighted by Gasteiger charge is -2.17. The summed E-state index contributed by atoms with van der Waals surface area (Å²) in [5.74, 6) is -2.13. The van der Waals surface area contributed by atoms with Crippen molar-refractivity contribution in [1.82, 2.24) is 0 Å². The number of hydrogen-bond acceptors (Lipinski definition) is 6. The maximum Gasteiger partial charge on any atom is 0.338 e. The molecule has 3 aliphatic rings. The fraction of sp³-hybridized carbons (Fsp3) is 0.269. The van der Waals surface area contributed by atoms with E-state index in [-0.39, 0.29) is 47.0 Å². The number of anilines is 3. The highest BCUT2D eigenvalue weighted by atomic mass is 16.5. The van der Waals surface area contributed by atoms with Gasteiger partial charge >= 0.3 is 5.97 Å². The number of nitrogens with one attached hydrogen (secondary N) is 2. The molecule has 0 radical (unpaired) electrons. The predicted molar refractivity (Wildman–Crippen MR) is 126 cm³/mol. The van der Waals surface area contributed by atoms with Crippen LogP contribution >= 0.6 is 0 Å². The summed E-state index contributed by atoms with van der Waals surface area (Å²) in [5.41, 5.74) is 1.70. The van der Waals surface area contributed by atoms with E-state index in [2.05, 4.69) is 10.6 Å². The Morgan fingerprint density at radius 1 is 0.857 bits per heavy atom. The number of imide groups is 1. The number of hydrogen-bond donors (Lipinski definition) is 2. The van der Waals surface area contributed by atoms with E-state index < -0.39 is 18.5 Å². The molecule has 2 aromatic rings. The van der Waals surface area contributed by atoms with Crippen LogP contribution < -0.4 is 15.5 Å². The van der Waals surface area contributed by atoms with E-state index in [0.29, 0.717) is 17.1 Å². The Balaban J connectivity index is 1.15. The number of rotatable bonds is 6. The largest absolute Gasteiger partial charge is 0.452 e. The standard InChI is InChI=1S/C26H23N3O6/c1-14(30)27-18-6-8-19(9-7-18)28-21(31)13-35-26(34)15-4-10-20(11-5-15)29-24(32)22-16-2-3-17(12-16)23(22)25(29)33/h2-11,16-17,22-23H,12-13H2,1H3,(H,27,30)(H,28,31)/t16-,17-,22-,23-/m0/s1. The number of carbonyl (C=O) groups is 5. The fourth-order valence-electron chi connectivity index (χ4n) is 5.16. The van der Waals surface area contributed by atoms with Crippen LogP contribution in [0.25, 0.3) is 0 Å². The molecule has 35 heavy (non-hydrogen) atoms. The molecule has 2 bridgehead atoms. The summed E-state index contributed by atoms with van der Waals surface area (Å²) in [7, 11) is 0. The van der Waals surface area contributed by atoms with Crippen molar-refractivity contribution in [2.24, 2.45) is 23.7 Å². The van der Waals surface area contributed by atoms with Crippen molar-refractivity contribution in [2.75, 3.05) is 22.1 Å². The Kier molecular flexibility index (Phi) is 5.68. The Labute approximate surface area is 201 Å². The number of fused-ring (bicyclic) bond motifs is 5. The fourth-order valence-corrected chi connectivity index (χ4v) is 5.16. The van der Waals surface area contributed by atoms with E-state index in [4.69, 9.17) is 4.74 Å². The summed E-state index contributed by atoms with van der Waals surface area (Å²) < 4.78 is 5.08. The first kappa shape index (κ1) is 22.5. The van der Waals surface area contributed by atoms with Crippen molar-refractivity contribution in [2.45, 2.75) is 13.3 Å². The van der Waals surface area contributed by atoms with Crippen molar-refractivity contribution in [3.05, 3.63) is 66.2 Å². The van der Waals surface area contributed by atoms with Gasteiger partial charge in [-0.05, 0) is 66.8 Å². The first-order chi connectivity index (χ1) is 16.8. The first-order valence-electron chi connectivity index (χ1n) is 11.3. The maximum atomic E-state index is 12.9. The molecule has 2 aromatic carbocycles. The lowest BCUT2D eigenvalue weighted by Crippen LogP contribution is -2.32. The van der Waals surface area contributed by atoms with Crippen molar-refractivity contribution in [1.29, 1.82) is 0 Å². The molecule has 0 unspecified atom stereocenters. The highest BCUT2D eigenvalue weighted by molar-refractivity contribution is 6.22. The van der Waals surface area contributed by atoms with Crippen LogP contribution in [0.15, 0.2) is 60.7 Å². The van der Waals surface area contributed by atoms with Gasteiger partial charge < -0.3 is 15.4 Å². The van der Waals surface area contributed by atoms with Gasteiger partial charge in [0.1, 0.15) is 0 Å². The minimum atomic E-state index is -0.703. The van der Waals surface area contributed by atoms with Crippen molar-refractivity contribution in [3.8, 4) is 0 Å². The van der Waals surface area contributed by atoms with Gasteiger partial charge in [-0.15, -0.1) is 0 Å². The highest BCUT2D eigenvalue weighted by Gasteiger charge is 2.59. The highest BCUT2D eigenvalue weighted by Crippen LogP contribution is 2.53. The lowest BCUT2D eigenvalue weighted by atomic mass is 9.85. The second kappa shape index (κ2) is 8.83. The SMILES string of the molecule is CC(=O)Nc1ccc(NC(=O)COC(=O)c2ccc(N3C(=O)[C@@H]4[C@@H](C3=O)[C@H]3C=C[C@H]4C3)cc2)cc1. The number of amides is 4. The number of esters is 1. The number of benzene rings is 2. The maximum absolute atomic E-state index is 12.9. The molecule has 2 aliphatic carbocycles. The molecule has 2 N–H and O–H groups in total. The Bertz CT molecular complexity index is 1220. The first-order valence-corrected chi connectivity index (χ1v) is 11.3. The quantitative estimate of drug-likeness (QED) is 0.378. The van der Waals surface area contributed by atoms with Crippen LogP contribution in [0.5, 0.6) is 0 Å². The van der Waals surface area contributed by atoms with Gasteiger partial charge in [0.2, 0.25) is 17.7 Å². The van der Waals surface area contributed by atoms with E-state index in [1.165, 1.54) is 24.0 Å². The molecular weight excluding hydrogens is 450 g/mol. The predicted octanol–water partition coefficient (Wildman–Crippen LogP) is 2.75. The summed E-state index contributed by atoms with van der Waals surface area (Å²) in [6, 6.07) is 12.5. The van der Waals surface area contributed by atoms with Crippen molar-refractivity contribution >= 4 is 46.7 Å². The van der Waals surface area contributed by atoms with Gasteiger partial charge in [-0.2, -0.15) is 0 Å². The van der Waals surface area contributed by atoms with Crippen LogP contribution in [0.1, 0.15) is 23.7 Å². The normalized spacial score (nSPS) is 23.9. The van der Waals surface area contributed by atoms with E-state index in [0.717, 1.165) is 6.42 Å². The average Bonchev–Trinajstić information content (AvgIpc) is 3.52. The third-order valence-corrected chi connectivity index (χ3v) is 6.65. The number of carbonyl (C=O) groups excluding carboxylic acids is 5. The number of ether oxygens (including phenoxy) is 1. The molecule has 5 rings (SSSR count). The summed E-state index contributed by atoms with van der Waals surface area (Å²) in [6.45, 7) is 0.907. The zero-order chi connectivity index (χ0) is 24.7. The molecule has 1 aliphatic heterocycles. The van der Waals surface area contributed by atoms with Crippen molar-refractivity contribution in [3.63, 3.8) is 0 Å². The Hall–Kier alpha value is -4.27. The van der Waals surface area contributed by atoms with Gasteiger partial charge in [-0.3, -0.25) is 24.1 Å². The second-order valence-electron chi connectivity index (χ2n) is 8.94. The minimum absolute atomic E-state index is 0.127. The topological polar surface area (TPSA) is 122 Å². The molecular formula is C26H23N3O6. The van der Waals surface area contributed by atoms with Gasteiger partial charge in [0.05, 0.1) is 23.1 Å². The molecule has 4 amide bonds. The third-order valence-electron chi connectivity index (χ3n) is 6.65. The van der Waals surface area contributed by atoms with Gasteiger partial charge in [0.25, 0.3) is 5.91 Å². The summed E-state index contributed by atoms with van der Waals surface area (Å²) in [6.07, 6.45) is 4.94. The Morgan fingerprint density at radius 3 is 1.94 bits per heavy atom. The van der Waals surface area contributed by atoms with E-state index in [1.807, 2.05) is 12.2 Å². The molecule has 9 heteroatoms. The minimum Gasteiger partial charge on any atom is -0.452 e. The molecule has 178 valence electrons. The van der Waals surface area contributed by atoms with Gasteiger partial charge in [0, 0.05) is 18.3 Å². The average molecular weight is 473 g/mol. The molecule has 0 aromatic heterocycles. The van der Waals surface area contributed by atoms with E-state index >= 15 is 0 Å². The van der Waals surface area contributed by atoms with E-state index in [1.54, 1.807) is 36.4 Å². The molecule has 2 fully saturated rings. The van der Waals surface area contributed by atoms with Crippen LogP contribution in [0.2, 0.25) is 0 Å². The van der Waals surface area contributed by atoms with Gasteiger partial charge in [-0.25, -0.2) is 4.79 Å². The van der Waals surface area contributed by atoms with E-state index in [9.17, 15) is 24.0 Å². The molecule has 1 saturated carbocycles. The number of allylic oxidation sites excluding steroid dienone is 2.